The molecule has 1 rings (SSSR count). The first-order chi connectivity index (χ1) is 8.45. The molecule has 1 aromatic rings. The van der Waals surface area contributed by atoms with E-state index >= 15 is 0 Å². The van der Waals surface area contributed by atoms with Crippen LogP contribution in [0.1, 0.15) is 26.3 Å². The summed E-state index contributed by atoms with van der Waals surface area (Å²) < 4.78 is 5.07. The van der Waals surface area contributed by atoms with Crippen molar-refractivity contribution in [1.82, 2.24) is 0 Å². The smallest absolute Gasteiger partial charge is 0.328 e. The first-order valence-corrected chi connectivity index (χ1v) is 6.52. The number of hydrogen-bond donors (Lipinski definition) is 1. The van der Waals surface area contributed by atoms with Gasteiger partial charge < -0.3 is 10.1 Å². The van der Waals surface area contributed by atoms with Gasteiger partial charge in [-0.3, -0.25) is 0 Å². The molecule has 18 heavy (non-hydrogen) atoms. The first-order valence-electron chi connectivity index (χ1n) is 6.15. The molecule has 100 valence electrons. The summed E-state index contributed by atoms with van der Waals surface area (Å²) in [5, 5.41) is 3.92. The maximum absolute atomic E-state index is 11.9. The summed E-state index contributed by atoms with van der Waals surface area (Å²) in [6, 6.07) is 5.21. The Morgan fingerprint density at radius 2 is 2.11 bits per heavy atom. The van der Waals surface area contributed by atoms with E-state index in [1.807, 2.05) is 39.8 Å². The van der Waals surface area contributed by atoms with Gasteiger partial charge in [0, 0.05) is 10.7 Å². The molecule has 0 aromatic heterocycles. The van der Waals surface area contributed by atoms with Crippen molar-refractivity contribution >= 4 is 23.3 Å². The average Bonchev–Trinajstić information content (AvgIpc) is 2.27. The molecule has 1 atom stereocenters. The van der Waals surface area contributed by atoms with Gasteiger partial charge in [-0.25, -0.2) is 4.79 Å². The predicted octanol–water partition coefficient (Wildman–Crippen LogP) is 3.65. The molecule has 0 fully saturated rings. The Morgan fingerprint density at radius 1 is 1.44 bits per heavy atom. The van der Waals surface area contributed by atoms with E-state index in [-0.39, 0.29) is 17.9 Å². The summed E-state index contributed by atoms with van der Waals surface area (Å²) in [6.07, 6.45) is 0. The standard InChI is InChI=1S/C14H20ClNO2/c1-5-18-14(17)13(9(2)3)16-12-7-6-11(15)8-10(12)4/h6-9,13,16H,5H2,1-4H3. The van der Waals surface area contributed by atoms with Crippen LogP contribution in [0.15, 0.2) is 18.2 Å². The van der Waals surface area contributed by atoms with Crippen molar-refractivity contribution in [2.75, 3.05) is 11.9 Å². The topological polar surface area (TPSA) is 38.3 Å². The van der Waals surface area contributed by atoms with Crippen LogP contribution in [-0.2, 0) is 9.53 Å². The fourth-order valence-corrected chi connectivity index (χ4v) is 1.91. The van der Waals surface area contributed by atoms with Crippen molar-refractivity contribution < 1.29 is 9.53 Å². The molecule has 0 bridgehead atoms. The van der Waals surface area contributed by atoms with Crippen molar-refractivity contribution in [1.29, 1.82) is 0 Å². The zero-order valence-electron chi connectivity index (χ0n) is 11.3. The third-order valence-electron chi connectivity index (χ3n) is 2.71. The quantitative estimate of drug-likeness (QED) is 0.830. The zero-order chi connectivity index (χ0) is 13.7. The number of carbonyl (C=O) groups is 1. The van der Waals surface area contributed by atoms with Crippen LogP contribution >= 0.6 is 11.6 Å². The van der Waals surface area contributed by atoms with Gasteiger partial charge in [0.2, 0.25) is 0 Å². The molecule has 0 spiro atoms. The van der Waals surface area contributed by atoms with Crippen molar-refractivity contribution in [2.45, 2.75) is 33.7 Å². The van der Waals surface area contributed by atoms with Gasteiger partial charge in [-0.15, -0.1) is 0 Å². The van der Waals surface area contributed by atoms with Gasteiger partial charge in [0.1, 0.15) is 6.04 Å². The number of ether oxygens (including phenoxy) is 1. The van der Waals surface area contributed by atoms with Gasteiger partial charge in [-0.2, -0.15) is 0 Å². The molecule has 0 amide bonds. The summed E-state index contributed by atoms with van der Waals surface area (Å²) >= 11 is 5.91. The predicted molar refractivity (Wildman–Crippen MR) is 75.1 cm³/mol. The highest BCUT2D eigenvalue weighted by Gasteiger charge is 2.23. The Balaban J connectivity index is 2.86. The summed E-state index contributed by atoms with van der Waals surface area (Å²) in [4.78, 5) is 11.9. The monoisotopic (exact) mass is 269 g/mol. The number of aryl methyl sites for hydroxylation is 1. The number of rotatable bonds is 5. The summed E-state index contributed by atoms with van der Waals surface area (Å²) in [6.45, 7) is 8.13. The van der Waals surface area contributed by atoms with Crippen LogP contribution in [0.5, 0.6) is 0 Å². The van der Waals surface area contributed by atoms with Crippen molar-refractivity contribution in [3.05, 3.63) is 28.8 Å². The van der Waals surface area contributed by atoms with Crippen LogP contribution < -0.4 is 5.32 Å². The summed E-state index contributed by atoms with van der Waals surface area (Å²) in [5.74, 6) is -0.0685. The highest BCUT2D eigenvalue weighted by atomic mass is 35.5. The number of hydrogen-bond acceptors (Lipinski definition) is 3. The lowest BCUT2D eigenvalue weighted by molar-refractivity contribution is -0.145. The lowest BCUT2D eigenvalue weighted by Gasteiger charge is -2.22. The average molecular weight is 270 g/mol. The molecular formula is C14H20ClNO2. The Morgan fingerprint density at radius 3 is 2.61 bits per heavy atom. The van der Waals surface area contributed by atoms with E-state index < -0.39 is 0 Å². The summed E-state index contributed by atoms with van der Waals surface area (Å²) in [7, 11) is 0. The van der Waals surface area contributed by atoms with Crippen LogP contribution in [0, 0.1) is 12.8 Å². The normalized spacial score (nSPS) is 12.3. The fraction of sp³-hybridized carbons (Fsp3) is 0.500. The van der Waals surface area contributed by atoms with Crippen LogP contribution in [0.4, 0.5) is 5.69 Å². The molecule has 0 aliphatic heterocycles. The fourth-order valence-electron chi connectivity index (χ4n) is 1.69. The van der Waals surface area contributed by atoms with Crippen LogP contribution in [0.2, 0.25) is 5.02 Å². The Hall–Kier alpha value is -1.22. The second kappa shape index (κ2) is 6.64. The van der Waals surface area contributed by atoms with Crippen molar-refractivity contribution in [3.63, 3.8) is 0 Å². The van der Waals surface area contributed by atoms with Crippen LogP contribution in [0.25, 0.3) is 0 Å². The van der Waals surface area contributed by atoms with E-state index in [9.17, 15) is 4.79 Å². The second-order valence-electron chi connectivity index (χ2n) is 4.58. The minimum Gasteiger partial charge on any atom is -0.464 e. The van der Waals surface area contributed by atoms with Crippen LogP contribution in [-0.4, -0.2) is 18.6 Å². The van der Waals surface area contributed by atoms with Gasteiger partial charge in [0.05, 0.1) is 6.61 Å². The molecule has 0 radical (unpaired) electrons. The van der Waals surface area contributed by atoms with Gasteiger partial charge in [-0.05, 0) is 43.5 Å². The summed E-state index contributed by atoms with van der Waals surface area (Å²) in [5.41, 5.74) is 1.92. The van der Waals surface area contributed by atoms with Gasteiger partial charge >= 0.3 is 5.97 Å². The van der Waals surface area contributed by atoms with E-state index in [2.05, 4.69) is 5.32 Å². The SMILES string of the molecule is CCOC(=O)C(Nc1ccc(Cl)cc1C)C(C)C. The molecule has 4 heteroatoms. The van der Waals surface area contributed by atoms with E-state index in [0.29, 0.717) is 11.6 Å². The Kier molecular flexibility index (Phi) is 5.48. The molecule has 0 heterocycles. The number of carbonyl (C=O) groups excluding carboxylic acids is 1. The molecular weight excluding hydrogens is 250 g/mol. The largest absolute Gasteiger partial charge is 0.464 e. The highest BCUT2D eigenvalue weighted by Crippen LogP contribution is 2.22. The number of benzene rings is 1. The minimum atomic E-state index is -0.343. The van der Waals surface area contributed by atoms with E-state index in [1.54, 1.807) is 6.07 Å². The van der Waals surface area contributed by atoms with E-state index in [0.717, 1.165) is 11.3 Å². The number of halogens is 1. The van der Waals surface area contributed by atoms with E-state index in [1.165, 1.54) is 0 Å². The molecule has 0 aliphatic carbocycles. The molecule has 0 aliphatic rings. The highest BCUT2D eigenvalue weighted by molar-refractivity contribution is 6.30. The molecule has 3 nitrogen and oxygen atoms in total. The molecule has 0 saturated carbocycles. The number of esters is 1. The Bertz CT molecular complexity index is 418. The minimum absolute atomic E-state index is 0.152. The van der Waals surface area contributed by atoms with E-state index in [4.69, 9.17) is 16.3 Å². The van der Waals surface area contributed by atoms with Crippen molar-refractivity contribution in [3.8, 4) is 0 Å². The molecule has 1 N–H and O–H groups in total. The number of nitrogens with one attached hydrogen (secondary N) is 1. The maximum atomic E-state index is 11.9. The third-order valence-corrected chi connectivity index (χ3v) is 2.94. The van der Waals surface area contributed by atoms with Crippen molar-refractivity contribution in [2.24, 2.45) is 5.92 Å². The van der Waals surface area contributed by atoms with Gasteiger partial charge in [0.25, 0.3) is 0 Å². The third kappa shape index (κ3) is 3.91. The van der Waals surface area contributed by atoms with Crippen LogP contribution in [0.3, 0.4) is 0 Å². The lowest BCUT2D eigenvalue weighted by Crippen LogP contribution is -2.36. The number of anilines is 1. The molecule has 1 unspecified atom stereocenters. The molecule has 1 aromatic carbocycles. The maximum Gasteiger partial charge on any atom is 0.328 e. The lowest BCUT2D eigenvalue weighted by atomic mass is 10.0. The first kappa shape index (κ1) is 14.8. The van der Waals surface area contributed by atoms with Gasteiger partial charge in [-0.1, -0.05) is 25.4 Å². The zero-order valence-corrected chi connectivity index (χ0v) is 12.0. The second-order valence-corrected chi connectivity index (χ2v) is 5.01. The van der Waals surface area contributed by atoms with Gasteiger partial charge in [0.15, 0.2) is 0 Å². The molecule has 0 saturated heterocycles. The Labute approximate surface area is 113 Å².